The number of carbonyl (C=O) groups excluding carboxylic acids is 1. The highest BCUT2D eigenvalue weighted by Crippen LogP contribution is 2.67. The summed E-state index contributed by atoms with van der Waals surface area (Å²) in [7, 11) is -5.12. The number of aliphatic hydroxyl groups excluding tert-OH is 11. The molecule has 9 rings (SSSR count). The van der Waals surface area contributed by atoms with Gasteiger partial charge in [0.2, 0.25) is 10.4 Å². The summed E-state index contributed by atoms with van der Waals surface area (Å²) < 4.78 is 102. The SMILES string of the molecule is CC(C)C(=O)CC(C)(O)[C@H]1CC[C@H]2[C@@H]3C[C@H](O[C@@H]4O[C@H](C)[C@@H](O)[C@H](O[C@@H]5OC[C@@H](O[C@@H]6OC[C@@H](O)[C@H](O)[C@H]6O[C@@H]6O[C@H](C)[C@H](O)[C@H](O)[C@H]6O)[C@H](O)[C@H]5O[C@@H]5O[C@H](C)[C@@H](O)[C@H](O)[C@H]5O)[C@H]4O)[C@H]4C[C@@H](OS(=O)(=O)[O-])CC[C@]4(C)C3=CC[C@]12C. The molecule has 8 fully saturated rings. The number of ketones is 1. The Morgan fingerprint density at radius 3 is 1.76 bits per heavy atom. The van der Waals surface area contributed by atoms with Gasteiger partial charge in [-0.3, -0.25) is 8.98 Å². The first kappa shape index (κ1) is 64.9. The maximum absolute atomic E-state index is 13.1. The maximum atomic E-state index is 13.1. The predicted octanol–water partition coefficient (Wildman–Crippen LogP) is -2.77. The van der Waals surface area contributed by atoms with Crippen LogP contribution in [0.2, 0.25) is 0 Å². The molecular weight excluding hydrogens is 1110 g/mol. The smallest absolute Gasteiger partial charge is 0.217 e. The van der Waals surface area contributed by atoms with E-state index in [4.69, 9.17) is 51.6 Å². The summed E-state index contributed by atoms with van der Waals surface area (Å²) in [6.45, 7) is 12.7. The van der Waals surface area contributed by atoms with Gasteiger partial charge in [0.25, 0.3) is 0 Å². The maximum Gasteiger partial charge on any atom is 0.217 e. The molecule has 9 aliphatic rings. The zero-order valence-electron chi connectivity index (χ0n) is 47.4. The van der Waals surface area contributed by atoms with Crippen molar-refractivity contribution < 1.29 is 131 Å². The van der Waals surface area contributed by atoms with E-state index in [0.717, 1.165) is 12.0 Å². The minimum Gasteiger partial charge on any atom is -0.726 e. The van der Waals surface area contributed by atoms with Crippen molar-refractivity contribution in [1.29, 1.82) is 0 Å². The molecule has 4 aliphatic carbocycles. The predicted molar refractivity (Wildman–Crippen MR) is 273 cm³/mol. The van der Waals surface area contributed by atoms with E-state index in [1.54, 1.807) is 20.8 Å². The van der Waals surface area contributed by atoms with Crippen molar-refractivity contribution in [2.45, 2.75) is 266 Å². The third-order valence-corrected chi connectivity index (χ3v) is 20.4. The third-order valence-electron chi connectivity index (χ3n) is 19.9. The van der Waals surface area contributed by atoms with E-state index in [0.29, 0.717) is 25.7 Å². The van der Waals surface area contributed by atoms with E-state index in [1.165, 1.54) is 20.8 Å². The summed E-state index contributed by atoms with van der Waals surface area (Å²) in [5.74, 6) is -1.22. The van der Waals surface area contributed by atoms with Gasteiger partial charge in [0.1, 0.15) is 97.3 Å². The molecule has 0 amide bonds. The molecule has 472 valence electrons. The van der Waals surface area contributed by atoms with Crippen molar-refractivity contribution in [2.75, 3.05) is 13.2 Å². The molecule has 5 aliphatic heterocycles. The van der Waals surface area contributed by atoms with Gasteiger partial charge >= 0.3 is 0 Å². The fraction of sp³-hybridized carbons (Fsp3) is 0.944. The first-order valence-corrected chi connectivity index (χ1v) is 30.1. The number of allylic oxidation sites excluding steroid dienone is 2. The van der Waals surface area contributed by atoms with E-state index in [-0.39, 0.29) is 48.7 Å². The van der Waals surface area contributed by atoms with Crippen molar-refractivity contribution in [1.82, 2.24) is 0 Å². The highest BCUT2D eigenvalue weighted by molar-refractivity contribution is 7.80. The highest BCUT2D eigenvalue weighted by atomic mass is 32.3. The van der Waals surface area contributed by atoms with Crippen molar-refractivity contribution in [2.24, 2.45) is 40.4 Å². The zero-order valence-corrected chi connectivity index (χ0v) is 48.2. The van der Waals surface area contributed by atoms with Crippen molar-refractivity contribution in [3.05, 3.63) is 11.6 Å². The number of hydrogen-bond donors (Lipinski definition) is 12. The van der Waals surface area contributed by atoms with E-state index in [2.05, 4.69) is 19.9 Å². The molecule has 0 aromatic rings. The van der Waals surface area contributed by atoms with Crippen LogP contribution in [-0.4, -0.2) is 252 Å². The summed E-state index contributed by atoms with van der Waals surface area (Å²) in [5.41, 5.74) is -1.27. The Hall–Kier alpha value is -1.60. The van der Waals surface area contributed by atoms with Crippen LogP contribution in [0.4, 0.5) is 0 Å². The van der Waals surface area contributed by atoms with Gasteiger partial charge in [0.15, 0.2) is 31.5 Å². The molecule has 0 aromatic heterocycles. The second-order valence-corrected chi connectivity index (χ2v) is 26.7. The normalized spacial score (nSPS) is 51.8. The van der Waals surface area contributed by atoms with Gasteiger partial charge in [0, 0.05) is 12.3 Å². The standard InChI is InChI=1S/C54H88O27S/c1-20(2)29(55)17-54(8,67)33-10-9-26-25-16-31(28-15-24(81-82(68,69)70)11-13-52(28,6)27(25)12-14-53(26,33)7)76-49-43(66)44(36(59)23(5)75-49)78-51-46(80-48-42(65)40(63)35(58)22(4)74-48)38(61)32(19-72-51)77-50-45(37(60)30(56)18-71-50)79-47-41(64)39(62)34(57)21(3)73-47/h12,20-26,28,30-51,56-67H,9-11,13-19H2,1-8H3,(H,68,69,70)/p-1/t21-,22-,23-,24+,25+,26+,28-,30-,31+,32-,33+,34+,35-,36-,37+,38+,39+,40+,41-,42-,43-,44+,45-,46-,47+,48+,49+,50+,51+,52-,53+,54?/m1/s1. The Kier molecular flexibility index (Phi) is 19.6. The van der Waals surface area contributed by atoms with Gasteiger partial charge in [-0.2, -0.15) is 0 Å². The number of carbonyl (C=O) groups is 1. The summed E-state index contributed by atoms with van der Waals surface area (Å²) in [4.78, 5) is 13.1. The van der Waals surface area contributed by atoms with Crippen molar-refractivity contribution >= 4 is 16.2 Å². The molecule has 5 saturated heterocycles. The molecule has 0 spiro atoms. The molecule has 5 heterocycles. The highest BCUT2D eigenvalue weighted by Gasteiger charge is 2.64. The number of rotatable bonds is 16. The summed E-state index contributed by atoms with van der Waals surface area (Å²) in [6.07, 6.45) is -34.6. The van der Waals surface area contributed by atoms with Crippen LogP contribution < -0.4 is 0 Å². The molecule has 3 saturated carbocycles. The number of ether oxygens (including phenoxy) is 10. The topological polar surface area (TPSA) is 419 Å². The first-order chi connectivity index (χ1) is 38.3. The van der Waals surface area contributed by atoms with E-state index >= 15 is 0 Å². The molecule has 27 nitrogen and oxygen atoms in total. The Balaban J connectivity index is 0.975. The van der Waals surface area contributed by atoms with Gasteiger partial charge in [-0.1, -0.05) is 39.3 Å². The van der Waals surface area contributed by atoms with Gasteiger partial charge in [-0.15, -0.1) is 0 Å². The molecular formula is C54H87O27S-. The van der Waals surface area contributed by atoms with Crippen LogP contribution in [0.3, 0.4) is 0 Å². The average Bonchev–Trinajstić information content (AvgIpc) is 2.44. The van der Waals surface area contributed by atoms with Gasteiger partial charge < -0.3 is 113 Å². The van der Waals surface area contributed by atoms with E-state index in [9.17, 15) is 79.0 Å². The minimum atomic E-state index is -5.12. The Morgan fingerprint density at radius 2 is 1.17 bits per heavy atom. The van der Waals surface area contributed by atoms with Crippen LogP contribution in [-0.2, 0) is 66.7 Å². The van der Waals surface area contributed by atoms with E-state index < -0.39 is 199 Å². The average molecular weight is 1200 g/mol. The monoisotopic (exact) mass is 1200 g/mol. The van der Waals surface area contributed by atoms with Crippen molar-refractivity contribution in [3.8, 4) is 0 Å². The summed E-state index contributed by atoms with van der Waals surface area (Å²) in [5, 5.41) is 134. The van der Waals surface area contributed by atoms with E-state index in [1.807, 2.05) is 0 Å². The lowest BCUT2D eigenvalue weighted by Gasteiger charge is -2.60. The third kappa shape index (κ3) is 12.6. The second kappa shape index (κ2) is 24.8. The lowest BCUT2D eigenvalue weighted by atomic mass is 9.47. The quantitative estimate of drug-likeness (QED) is 0.0423. The fourth-order valence-electron chi connectivity index (χ4n) is 15.1. The second-order valence-electron chi connectivity index (χ2n) is 25.7. The van der Waals surface area contributed by atoms with Crippen LogP contribution in [0.1, 0.15) is 107 Å². The molecule has 1 unspecified atom stereocenters. The largest absolute Gasteiger partial charge is 0.726 e. The Labute approximate surface area is 476 Å². The Morgan fingerprint density at radius 1 is 0.646 bits per heavy atom. The number of Topliss-reactive ketones (excluding diaryl/α,β-unsaturated/α-hetero) is 1. The van der Waals surface area contributed by atoms with Gasteiger partial charge in [-0.25, -0.2) is 8.42 Å². The zero-order chi connectivity index (χ0) is 60.0. The molecule has 0 radical (unpaired) electrons. The number of hydrogen-bond acceptors (Lipinski definition) is 27. The molecule has 28 heteroatoms. The van der Waals surface area contributed by atoms with Gasteiger partial charge in [0.05, 0.1) is 49.3 Å². The minimum absolute atomic E-state index is 0.00141. The van der Waals surface area contributed by atoms with Gasteiger partial charge in [-0.05, 0) is 107 Å². The molecule has 0 aromatic carbocycles. The van der Waals surface area contributed by atoms with Crippen LogP contribution >= 0.6 is 0 Å². The summed E-state index contributed by atoms with van der Waals surface area (Å²) in [6, 6.07) is 0. The van der Waals surface area contributed by atoms with Crippen LogP contribution in [0.5, 0.6) is 0 Å². The summed E-state index contributed by atoms with van der Waals surface area (Å²) >= 11 is 0. The molecule has 82 heavy (non-hydrogen) atoms. The number of aliphatic hydroxyl groups is 12. The fourth-order valence-corrected chi connectivity index (χ4v) is 15.6. The number of fused-ring (bicyclic) bond motifs is 5. The molecule has 0 bridgehead atoms. The Bertz CT molecular complexity index is 2350. The first-order valence-electron chi connectivity index (χ1n) is 28.8. The van der Waals surface area contributed by atoms with Crippen molar-refractivity contribution in [3.63, 3.8) is 0 Å². The lowest BCUT2D eigenvalue weighted by molar-refractivity contribution is -0.394. The van der Waals surface area contributed by atoms with Crippen LogP contribution in [0.15, 0.2) is 11.6 Å². The lowest BCUT2D eigenvalue weighted by Crippen LogP contribution is -2.66. The van der Waals surface area contributed by atoms with Crippen LogP contribution in [0.25, 0.3) is 0 Å². The molecule has 32 atom stereocenters. The molecule has 12 N–H and O–H groups in total. The van der Waals surface area contributed by atoms with Crippen LogP contribution in [0, 0.1) is 40.4 Å².